The number of hydrogen-bond acceptors (Lipinski definition) is 3. The SMILES string of the molecule is CCCCCCn1c(=O)n(C)c(=O)c2cnn(C)c21. The van der Waals surface area contributed by atoms with Crippen molar-refractivity contribution in [3.05, 3.63) is 27.0 Å². The number of unbranched alkanes of at least 4 members (excludes halogenated alkanes) is 3. The smallest absolute Gasteiger partial charge is 0.278 e. The highest BCUT2D eigenvalue weighted by molar-refractivity contribution is 5.73. The maximum absolute atomic E-state index is 12.2. The van der Waals surface area contributed by atoms with E-state index in [4.69, 9.17) is 0 Å². The zero-order chi connectivity index (χ0) is 14.0. The van der Waals surface area contributed by atoms with E-state index in [1.54, 1.807) is 16.3 Å². The molecule has 0 amide bonds. The first-order valence-corrected chi connectivity index (χ1v) is 6.69. The maximum Gasteiger partial charge on any atom is 0.332 e. The molecule has 0 atom stereocenters. The summed E-state index contributed by atoms with van der Waals surface area (Å²) in [5.41, 5.74) is 0.0695. The van der Waals surface area contributed by atoms with Crippen molar-refractivity contribution >= 4 is 11.0 Å². The quantitative estimate of drug-likeness (QED) is 0.757. The van der Waals surface area contributed by atoms with Crippen LogP contribution in [0.2, 0.25) is 0 Å². The average Bonchev–Trinajstić information content (AvgIpc) is 2.78. The third-order valence-electron chi connectivity index (χ3n) is 3.45. The topological polar surface area (TPSA) is 61.8 Å². The number of fused-ring (bicyclic) bond motifs is 1. The van der Waals surface area contributed by atoms with E-state index in [0.29, 0.717) is 17.6 Å². The second-order valence-corrected chi connectivity index (χ2v) is 4.86. The summed E-state index contributed by atoms with van der Waals surface area (Å²) < 4.78 is 4.40. The molecular weight excluding hydrogens is 244 g/mol. The number of hydrogen-bond donors (Lipinski definition) is 0. The third kappa shape index (κ3) is 2.34. The van der Waals surface area contributed by atoms with Crippen LogP contribution < -0.4 is 11.2 Å². The first-order valence-electron chi connectivity index (χ1n) is 6.69. The molecule has 2 heterocycles. The molecule has 0 fully saturated rings. The lowest BCUT2D eigenvalue weighted by Gasteiger charge is -2.10. The van der Waals surface area contributed by atoms with Crippen molar-refractivity contribution in [2.45, 2.75) is 39.2 Å². The van der Waals surface area contributed by atoms with Gasteiger partial charge in [-0.3, -0.25) is 18.6 Å². The summed E-state index contributed by atoms with van der Waals surface area (Å²) in [6, 6.07) is 0. The highest BCUT2D eigenvalue weighted by Crippen LogP contribution is 2.08. The summed E-state index contributed by atoms with van der Waals surface area (Å²) in [5, 5.41) is 4.59. The van der Waals surface area contributed by atoms with E-state index < -0.39 is 0 Å². The van der Waals surface area contributed by atoms with Crippen LogP contribution in [-0.4, -0.2) is 18.9 Å². The van der Waals surface area contributed by atoms with Gasteiger partial charge in [0.1, 0.15) is 11.0 Å². The van der Waals surface area contributed by atoms with Crippen molar-refractivity contribution in [1.82, 2.24) is 18.9 Å². The van der Waals surface area contributed by atoms with Crippen LogP contribution in [-0.2, 0) is 20.6 Å². The highest BCUT2D eigenvalue weighted by Gasteiger charge is 2.13. The van der Waals surface area contributed by atoms with Crippen LogP contribution in [0.25, 0.3) is 11.0 Å². The molecule has 6 heteroatoms. The van der Waals surface area contributed by atoms with Crippen LogP contribution >= 0.6 is 0 Å². The summed E-state index contributed by atoms with van der Waals surface area (Å²) in [6.45, 7) is 2.78. The van der Waals surface area contributed by atoms with Gasteiger partial charge in [0.25, 0.3) is 5.56 Å². The number of aromatic nitrogens is 4. The minimum Gasteiger partial charge on any atom is -0.278 e. The lowest BCUT2D eigenvalue weighted by molar-refractivity contribution is 0.546. The molecule has 2 aromatic rings. The van der Waals surface area contributed by atoms with Gasteiger partial charge in [-0.05, 0) is 6.42 Å². The van der Waals surface area contributed by atoms with Gasteiger partial charge in [-0.15, -0.1) is 0 Å². The predicted octanol–water partition coefficient (Wildman–Crippen LogP) is 1.01. The summed E-state index contributed by atoms with van der Waals surface area (Å²) in [7, 11) is 3.27. The van der Waals surface area contributed by atoms with Crippen LogP contribution in [0, 0.1) is 0 Å². The summed E-state index contributed by atoms with van der Waals surface area (Å²) >= 11 is 0. The van der Waals surface area contributed by atoms with E-state index in [0.717, 1.165) is 30.3 Å². The largest absolute Gasteiger partial charge is 0.332 e. The average molecular weight is 264 g/mol. The first-order chi connectivity index (χ1) is 9.07. The van der Waals surface area contributed by atoms with E-state index >= 15 is 0 Å². The van der Waals surface area contributed by atoms with E-state index in [2.05, 4.69) is 12.0 Å². The number of rotatable bonds is 5. The third-order valence-corrected chi connectivity index (χ3v) is 3.45. The zero-order valence-electron chi connectivity index (χ0n) is 11.7. The van der Waals surface area contributed by atoms with Crippen molar-refractivity contribution < 1.29 is 0 Å². The molecule has 0 N–H and O–H groups in total. The molecule has 0 aliphatic carbocycles. The van der Waals surface area contributed by atoms with Gasteiger partial charge in [0.2, 0.25) is 0 Å². The molecule has 0 aliphatic heterocycles. The Morgan fingerprint density at radius 3 is 2.58 bits per heavy atom. The number of nitrogens with zero attached hydrogens (tertiary/aromatic N) is 4. The molecule has 19 heavy (non-hydrogen) atoms. The molecule has 2 rings (SSSR count). The molecule has 0 saturated heterocycles. The maximum atomic E-state index is 12.2. The molecular formula is C13H20N4O2. The Morgan fingerprint density at radius 1 is 1.16 bits per heavy atom. The standard InChI is InChI=1S/C13H20N4O2/c1-4-5-6-7-8-17-11-10(9-14-16(11)3)12(18)15(2)13(17)19/h9H,4-8H2,1-3H3. The van der Waals surface area contributed by atoms with Crippen LogP contribution in [0.5, 0.6) is 0 Å². The summed E-state index contributed by atoms with van der Waals surface area (Å²) in [6.07, 6.45) is 5.87. The van der Waals surface area contributed by atoms with E-state index in [1.807, 2.05) is 0 Å². The van der Waals surface area contributed by atoms with Crippen molar-refractivity contribution in [2.24, 2.45) is 14.1 Å². The van der Waals surface area contributed by atoms with E-state index in [1.165, 1.54) is 13.2 Å². The predicted molar refractivity (Wildman–Crippen MR) is 74.4 cm³/mol. The summed E-state index contributed by atoms with van der Waals surface area (Å²) in [5.74, 6) is 0. The molecule has 0 unspecified atom stereocenters. The Labute approximate surface area is 111 Å². The Bertz CT molecular complexity index is 693. The molecule has 0 bridgehead atoms. The first kappa shape index (κ1) is 13.6. The Morgan fingerprint density at radius 2 is 1.89 bits per heavy atom. The molecule has 104 valence electrons. The fraction of sp³-hybridized carbons (Fsp3) is 0.615. The fourth-order valence-corrected chi connectivity index (χ4v) is 2.34. The molecule has 0 radical (unpaired) electrons. The minimum absolute atomic E-state index is 0.266. The molecule has 0 aliphatic rings. The molecule has 0 saturated carbocycles. The van der Waals surface area contributed by atoms with Gasteiger partial charge < -0.3 is 0 Å². The molecule has 2 aromatic heterocycles. The van der Waals surface area contributed by atoms with Gasteiger partial charge in [0, 0.05) is 20.6 Å². The molecule has 6 nitrogen and oxygen atoms in total. The minimum atomic E-state index is -0.280. The van der Waals surface area contributed by atoms with Gasteiger partial charge >= 0.3 is 5.69 Å². The van der Waals surface area contributed by atoms with Crippen molar-refractivity contribution in [2.75, 3.05) is 0 Å². The van der Waals surface area contributed by atoms with Gasteiger partial charge in [0.15, 0.2) is 0 Å². The van der Waals surface area contributed by atoms with Gasteiger partial charge in [-0.1, -0.05) is 26.2 Å². The monoisotopic (exact) mass is 264 g/mol. The van der Waals surface area contributed by atoms with Crippen molar-refractivity contribution in [3.8, 4) is 0 Å². The van der Waals surface area contributed by atoms with Crippen LogP contribution in [0.3, 0.4) is 0 Å². The second-order valence-electron chi connectivity index (χ2n) is 4.86. The number of aryl methyl sites for hydroxylation is 2. The summed E-state index contributed by atoms with van der Waals surface area (Å²) in [4.78, 5) is 24.2. The normalized spacial score (nSPS) is 11.3. The van der Waals surface area contributed by atoms with Gasteiger partial charge in [-0.25, -0.2) is 4.79 Å². The lowest BCUT2D eigenvalue weighted by atomic mass is 10.2. The Kier molecular flexibility index (Phi) is 3.87. The van der Waals surface area contributed by atoms with E-state index in [-0.39, 0.29) is 11.2 Å². The fourth-order valence-electron chi connectivity index (χ4n) is 2.34. The Hall–Kier alpha value is -1.85. The molecule has 0 aromatic carbocycles. The molecule has 0 spiro atoms. The van der Waals surface area contributed by atoms with Crippen LogP contribution in [0.15, 0.2) is 15.8 Å². The lowest BCUT2D eigenvalue weighted by Crippen LogP contribution is -2.38. The van der Waals surface area contributed by atoms with Gasteiger partial charge in [0.05, 0.1) is 6.20 Å². The zero-order valence-corrected chi connectivity index (χ0v) is 11.7. The second kappa shape index (κ2) is 5.42. The van der Waals surface area contributed by atoms with Crippen molar-refractivity contribution in [3.63, 3.8) is 0 Å². The Balaban J connectivity index is 2.49. The highest BCUT2D eigenvalue weighted by atomic mass is 16.2. The van der Waals surface area contributed by atoms with E-state index in [9.17, 15) is 9.59 Å². The van der Waals surface area contributed by atoms with Crippen LogP contribution in [0.1, 0.15) is 32.6 Å². The van der Waals surface area contributed by atoms with Crippen LogP contribution in [0.4, 0.5) is 0 Å². The van der Waals surface area contributed by atoms with Crippen molar-refractivity contribution in [1.29, 1.82) is 0 Å². The van der Waals surface area contributed by atoms with Gasteiger partial charge in [-0.2, -0.15) is 5.10 Å².